The van der Waals surface area contributed by atoms with E-state index in [0.717, 1.165) is 5.92 Å². The van der Waals surface area contributed by atoms with Gasteiger partial charge in [-0.25, -0.2) is 0 Å². The van der Waals surface area contributed by atoms with Gasteiger partial charge < -0.3 is 0 Å². The van der Waals surface area contributed by atoms with Crippen LogP contribution in [-0.2, 0) is 0 Å². The Balaban J connectivity index is -0.0000000817. The molecule has 2 radical (unpaired) electrons. The molecule has 0 saturated carbocycles. The fourth-order valence-electron chi connectivity index (χ4n) is 0.401. The fourth-order valence-corrected chi connectivity index (χ4v) is 2.69. The first-order chi connectivity index (χ1) is 3.77. The molecule has 0 aromatic heterocycles. The van der Waals surface area contributed by atoms with Crippen LogP contribution in [0.15, 0.2) is 0 Å². The van der Waals surface area contributed by atoms with E-state index in [9.17, 15) is 0 Å². The third-order valence-corrected chi connectivity index (χ3v) is 5.45. The number of rotatable bonds is 4. The van der Waals surface area contributed by atoms with Gasteiger partial charge in [-0.05, 0) is 0 Å². The van der Waals surface area contributed by atoms with Gasteiger partial charge in [-0.1, -0.05) is 0 Å². The van der Waals surface area contributed by atoms with Gasteiger partial charge in [0.2, 0.25) is 0 Å². The van der Waals surface area contributed by atoms with Crippen LogP contribution in [0.1, 0.15) is 20.8 Å². The normalized spacial score (nSPS) is 7.64. The summed E-state index contributed by atoms with van der Waals surface area (Å²) in [5.74, 6) is 0.917. The molecule has 0 aliphatic carbocycles. The summed E-state index contributed by atoms with van der Waals surface area (Å²) in [6.07, 6.45) is 0. The molecule has 0 spiro atoms. The van der Waals surface area contributed by atoms with Crippen LogP contribution in [0.4, 0.5) is 0 Å². The van der Waals surface area contributed by atoms with Crippen LogP contribution in [0.2, 0.25) is 4.44 Å². The molecule has 0 amide bonds. The molecule has 1 N–H and O–H groups in total. The van der Waals surface area contributed by atoms with Crippen LogP contribution in [0.25, 0.3) is 0 Å². The van der Waals surface area contributed by atoms with Gasteiger partial charge in [0.1, 0.15) is 0 Å². The Kier molecular flexibility index (Phi) is 38.2. The van der Waals surface area contributed by atoms with Gasteiger partial charge in [-0.15, -0.1) is 50.9 Å². The van der Waals surface area contributed by atoms with E-state index in [2.05, 4.69) is 24.3 Å². The molecule has 5 heteroatoms. The maximum atomic E-state index is 3.45. The third kappa shape index (κ3) is 24.5. The summed E-state index contributed by atoms with van der Waals surface area (Å²) in [6, 6.07) is 0. The quantitative estimate of drug-likeness (QED) is 0.500. The third-order valence-electron chi connectivity index (χ3n) is 0.812. The molecule has 11 heavy (non-hydrogen) atoms. The summed E-state index contributed by atoms with van der Waals surface area (Å²) < 4.78 is 4.92. The van der Waals surface area contributed by atoms with Crippen molar-refractivity contribution in [2.45, 2.75) is 25.2 Å². The molecule has 0 aliphatic rings. The zero-order chi connectivity index (χ0) is 6.41. The van der Waals surface area contributed by atoms with E-state index in [0.29, 0.717) is 0 Å². The van der Waals surface area contributed by atoms with Crippen LogP contribution >= 0.6 is 50.9 Å². The Morgan fingerprint density at radius 2 is 1.64 bits per heavy atom. The van der Waals surface area contributed by atoms with Crippen molar-refractivity contribution in [3.8, 4) is 0 Å². The molecule has 0 aliphatic heterocycles. The van der Waals surface area contributed by atoms with Crippen molar-refractivity contribution in [1.82, 2.24) is 3.54 Å². The molecule has 0 aromatic rings. The standard InChI is InChI=1S/C4H9.C2H6N.3BrH.Sn/c1-4(2)3;1-2-3;;;;/h4H,1H2,2-3H3;3H,2H2,1H3;3*1H;/q;-1;;;;+1. The van der Waals surface area contributed by atoms with Crippen molar-refractivity contribution >= 4 is 72.4 Å². The summed E-state index contributed by atoms with van der Waals surface area (Å²) in [7, 11) is 0. The Bertz CT molecular complexity index is 55.1. The monoisotopic (exact) mass is 461 g/mol. The summed E-state index contributed by atoms with van der Waals surface area (Å²) in [6.45, 7) is 7.94. The molecule has 0 heterocycles. The second kappa shape index (κ2) is 18.1. The van der Waals surface area contributed by atoms with Gasteiger partial charge in [0.25, 0.3) is 0 Å². The van der Waals surface area contributed by atoms with Gasteiger partial charge in [0.05, 0.1) is 0 Å². The average molecular weight is 463 g/mol. The Labute approximate surface area is 112 Å². The second-order valence-electron chi connectivity index (χ2n) is 2.31. The van der Waals surface area contributed by atoms with Crippen molar-refractivity contribution in [3.63, 3.8) is 0 Å². The van der Waals surface area contributed by atoms with E-state index in [4.69, 9.17) is 0 Å². The van der Waals surface area contributed by atoms with E-state index in [-0.39, 0.29) is 72.4 Å². The Hall–Kier alpha value is 2.20. The molecular weight excluding hydrogens is 444 g/mol. The van der Waals surface area contributed by atoms with Crippen molar-refractivity contribution < 1.29 is 0 Å². The molecule has 0 bridgehead atoms. The summed E-state index contributed by atoms with van der Waals surface area (Å²) >= 11 is -0.124. The zero-order valence-electron chi connectivity index (χ0n) is 7.22. The average Bonchev–Trinajstić information content (AvgIpc) is 1.66. The maximum absolute atomic E-state index is 3.45. The second-order valence-corrected chi connectivity index (χ2v) is 5.49. The van der Waals surface area contributed by atoms with Gasteiger partial charge in [0.15, 0.2) is 0 Å². The molecule has 0 fully saturated rings. The van der Waals surface area contributed by atoms with Crippen LogP contribution in [0, 0.1) is 5.92 Å². The van der Waals surface area contributed by atoms with E-state index in [1.807, 2.05) is 0 Å². The predicted molar refractivity (Wildman–Crippen MR) is 70.0 cm³/mol. The van der Waals surface area contributed by atoms with Crippen LogP contribution in [0.5, 0.6) is 0 Å². The summed E-state index contributed by atoms with van der Waals surface area (Å²) in [5, 5.41) is 0. The van der Waals surface area contributed by atoms with Crippen molar-refractivity contribution in [2.75, 3.05) is 6.54 Å². The first kappa shape index (κ1) is 23.2. The van der Waals surface area contributed by atoms with Crippen molar-refractivity contribution in [2.24, 2.45) is 5.92 Å². The van der Waals surface area contributed by atoms with E-state index in [1.165, 1.54) is 11.0 Å². The van der Waals surface area contributed by atoms with Gasteiger partial charge in [0, 0.05) is 0 Å². The first-order valence-corrected chi connectivity index (χ1v) is 6.67. The van der Waals surface area contributed by atoms with Gasteiger partial charge in [-0.2, -0.15) is 0 Å². The first-order valence-electron chi connectivity index (χ1n) is 3.23. The predicted octanol–water partition coefficient (Wildman–Crippen LogP) is 3.02. The van der Waals surface area contributed by atoms with E-state index >= 15 is 0 Å². The van der Waals surface area contributed by atoms with Crippen molar-refractivity contribution in [3.05, 3.63) is 0 Å². The molecule has 72 valence electrons. The Morgan fingerprint density at radius 3 is 1.91 bits per heavy atom. The fraction of sp³-hybridized carbons (Fsp3) is 1.00. The number of nitrogens with one attached hydrogen (secondary N) is 1. The molecule has 0 atom stereocenters. The molecule has 1 nitrogen and oxygen atoms in total. The van der Waals surface area contributed by atoms with Gasteiger partial charge >= 0.3 is 62.6 Å². The minimum atomic E-state index is -0.124. The van der Waals surface area contributed by atoms with E-state index in [1.54, 1.807) is 0 Å². The molecule has 0 saturated heterocycles. The topological polar surface area (TPSA) is 12.0 Å². The number of hydrogen-bond donors (Lipinski definition) is 1. The van der Waals surface area contributed by atoms with Crippen LogP contribution in [0.3, 0.4) is 0 Å². The van der Waals surface area contributed by atoms with Crippen LogP contribution in [-0.4, -0.2) is 28.0 Å². The van der Waals surface area contributed by atoms with Crippen LogP contribution < -0.4 is 3.54 Å². The van der Waals surface area contributed by atoms with Gasteiger partial charge in [-0.3, -0.25) is 0 Å². The molecule has 0 rings (SSSR count). The Morgan fingerprint density at radius 1 is 1.18 bits per heavy atom. The number of hydrogen-bond acceptors (Lipinski definition) is 1. The molecular formula is C6H18Br3NSn. The SMILES string of the molecule is Br.Br.Br.CC[NH][Sn][CH2]C(C)C. The van der Waals surface area contributed by atoms with E-state index < -0.39 is 0 Å². The zero-order valence-corrected chi connectivity index (χ0v) is 15.2. The summed E-state index contributed by atoms with van der Waals surface area (Å²) in [4.78, 5) is 0. The number of halogens is 3. The molecule has 0 unspecified atom stereocenters. The minimum absolute atomic E-state index is 0. The summed E-state index contributed by atoms with van der Waals surface area (Å²) in [5.41, 5.74) is 0. The molecule has 0 aromatic carbocycles. The van der Waals surface area contributed by atoms with Crippen molar-refractivity contribution in [1.29, 1.82) is 0 Å².